The molecule has 0 bridgehead atoms. The van der Waals surface area contributed by atoms with Crippen LogP contribution in [0, 0.1) is 0 Å². The van der Waals surface area contributed by atoms with E-state index in [9.17, 15) is 4.79 Å². The molecule has 0 fully saturated rings. The van der Waals surface area contributed by atoms with Gasteiger partial charge in [-0.2, -0.15) is 0 Å². The number of hydrogen-bond donors (Lipinski definition) is 0. The topological polar surface area (TPSA) is 66.4 Å². The summed E-state index contributed by atoms with van der Waals surface area (Å²) in [5.74, 6) is -0.461. The molecule has 0 aromatic heterocycles. The molecule has 6 nitrogen and oxygen atoms in total. The van der Waals surface area contributed by atoms with Gasteiger partial charge in [0.05, 0.1) is 33.7 Å². The third kappa shape index (κ3) is 6.89. The molecule has 0 atom stereocenters. The molecule has 6 heteroatoms. The minimum absolute atomic E-state index is 0.347. The zero-order chi connectivity index (χ0) is 20.0. The minimum atomic E-state index is -0.461. The van der Waals surface area contributed by atoms with Gasteiger partial charge in [-0.25, -0.2) is 4.79 Å². The van der Waals surface area contributed by atoms with E-state index in [1.165, 1.54) is 20.5 Å². The Labute approximate surface area is 165 Å². The summed E-state index contributed by atoms with van der Waals surface area (Å²) in [5, 5.41) is 3.92. The molecule has 0 saturated carbocycles. The highest BCUT2D eigenvalue weighted by molar-refractivity contribution is 6.16. The van der Waals surface area contributed by atoms with Crippen molar-refractivity contribution in [3.05, 3.63) is 77.5 Å². The van der Waals surface area contributed by atoms with Crippen LogP contribution in [0.5, 0.6) is 0 Å². The maximum Gasteiger partial charge on any atom is 0.341 e. The van der Waals surface area contributed by atoms with Crippen molar-refractivity contribution in [2.45, 2.75) is 19.6 Å². The minimum Gasteiger partial charge on any atom is -0.503 e. The van der Waals surface area contributed by atoms with Crippen LogP contribution in [0.1, 0.15) is 23.1 Å². The molecule has 0 radical (unpaired) electrons. The zero-order valence-electron chi connectivity index (χ0n) is 16.2. The van der Waals surface area contributed by atoms with Crippen molar-refractivity contribution in [1.82, 2.24) is 0 Å². The lowest BCUT2D eigenvalue weighted by Gasteiger charge is -2.11. The number of carbonyl (C=O) groups is 1. The average Bonchev–Trinajstić information content (AvgIpc) is 2.74. The molecule has 148 valence electrons. The summed E-state index contributed by atoms with van der Waals surface area (Å²) in [4.78, 5) is 17.2. The summed E-state index contributed by atoms with van der Waals surface area (Å²) in [5.41, 5.74) is 3.00. The van der Waals surface area contributed by atoms with Gasteiger partial charge in [-0.05, 0) is 16.7 Å². The molecule has 0 N–H and O–H groups in total. The molecular formula is C22H25NO5. The second-order valence-corrected chi connectivity index (χ2v) is 5.80. The number of esters is 1. The standard InChI is InChI=1S/C22H25NO5/c1-25-17-21(22(24)26-2)20-12-7-6-11-19(20)16-27-14-8-13-23-28-15-18-9-4-3-5-10-18/h3-7,9-13,17H,8,14-16H2,1-2H3. The van der Waals surface area contributed by atoms with E-state index in [2.05, 4.69) is 5.16 Å². The van der Waals surface area contributed by atoms with E-state index in [0.717, 1.165) is 16.7 Å². The van der Waals surface area contributed by atoms with Crippen molar-refractivity contribution in [1.29, 1.82) is 0 Å². The summed E-state index contributed by atoms with van der Waals surface area (Å²) in [7, 11) is 2.82. The Hall–Kier alpha value is -3.12. The fraction of sp³-hybridized carbons (Fsp3) is 0.273. The molecule has 0 saturated heterocycles. The smallest absolute Gasteiger partial charge is 0.341 e. The molecule has 2 aromatic carbocycles. The van der Waals surface area contributed by atoms with Crippen molar-refractivity contribution in [3.8, 4) is 0 Å². The Morgan fingerprint density at radius 2 is 1.75 bits per heavy atom. The summed E-state index contributed by atoms with van der Waals surface area (Å²) in [6, 6.07) is 17.3. The van der Waals surface area contributed by atoms with Crippen LogP contribution in [-0.2, 0) is 37.1 Å². The van der Waals surface area contributed by atoms with Crippen LogP contribution >= 0.6 is 0 Å². The molecule has 2 aromatic rings. The zero-order valence-corrected chi connectivity index (χ0v) is 16.2. The molecule has 0 spiro atoms. The number of oxime groups is 1. The summed E-state index contributed by atoms with van der Waals surface area (Å²) in [6.07, 6.45) is 3.68. The van der Waals surface area contributed by atoms with E-state index in [1.54, 1.807) is 6.21 Å². The van der Waals surface area contributed by atoms with E-state index in [4.69, 9.17) is 19.0 Å². The van der Waals surface area contributed by atoms with Crippen LogP contribution in [0.3, 0.4) is 0 Å². The molecule has 0 aliphatic rings. The highest BCUT2D eigenvalue weighted by Crippen LogP contribution is 2.21. The lowest BCUT2D eigenvalue weighted by Crippen LogP contribution is -2.08. The van der Waals surface area contributed by atoms with Crippen LogP contribution in [0.25, 0.3) is 5.57 Å². The van der Waals surface area contributed by atoms with E-state index in [-0.39, 0.29) is 0 Å². The van der Waals surface area contributed by atoms with E-state index in [0.29, 0.717) is 31.8 Å². The first-order valence-corrected chi connectivity index (χ1v) is 8.91. The van der Waals surface area contributed by atoms with Gasteiger partial charge in [-0.15, -0.1) is 0 Å². The van der Waals surface area contributed by atoms with E-state index >= 15 is 0 Å². The van der Waals surface area contributed by atoms with Crippen molar-refractivity contribution < 1.29 is 23.8 Å². The van der Waals surface area contributed by atoms with Crippen LogP contribution in [-0.4, -0.2) is 33.0 Å². The van der Waals surface area contributed by atoms with Crippen molar-refractivity contribution >= 4 is 17.8 Å². The van der Waals surface area contributed by atoms with Gasteiger partial charge in [-0.3, -0.25) is 0 Å². The first-order chi connectivity index (χ1) is 13.8. The maximum absolute atomic E-state index is 12.0. The number of carbonyl (C=O) groups excluding carboxylic acids is 1. The highest BCUT2D eigenvalue weighted by Gasteiger charge is 2.16. The third-order valence-electron chi connectivity index (χ3n) is 3.82. The third-order valence-corrected chi connectivity index (χ3v) is 3.82. The lowest BCUT2D eigenvalue weighted by molar-refractivity contribution is -0.133. The molecule has 0 aliphatic heterocycles. The summed E-state index contributed by atoms with van der Waals surface area (Å²) in [6.45, 7) is 1.27. The number of hydrogen-bond acceptors (Lipinski definition) is 6. The average molecular weight is 383 g/mol. The quantitative estimate of drug-likeness (QED) is 0.147. The predicted octanol–water partition coefficient (Wildman–Crippen LogP) is 3.96. The number of nitrogens with zero attached hydrogens (tertiary/aromatic N) is 1. The molecular weight excluding hydrogens is 358 g/mol. The predicted molar refractivity (Wildman–Crippen MR) is 107 cm³/mol. The molecule has 2 rings (SSSR count). The van der Waals surface area contributed by atoms with E-state index in [1.807, 2.05) is 54.6 Å². The summed E-state index contributed by atoms with van der Waals surface area (Å²) < 4.78 is 15.5. The van der Waals surface area contributed by atoms with E-state index < -0.39 is 5.97 Å². The van der Waals surface area contributed by atoms with Gasteiger partial charge in [-0.1, -0.05) is 59.8 Å². The SMILES string of the molecule is COC=C(C(=O)OC)c1ccccc1COCCC=NOCc1ccccc1. The van der Waals surface area contributed by atoms with Crippen molar-refractivity contribution in [2.24, 2.45) is 5.16 Å². The highest BCUT2D eigenvalue weighted by atomic mass is 16.6. The van der Waals surface area contributed by atoms with Gasteiger partial charge in [0.25, 0.3) is 0 Å². The second-order valence-electron chi connectivity index (χ2n) is 5.80. The largest absolute Gasteiger partial charge is 0.503 e. The molecule has 0 aliphatic carbocycles. The van der Waals surface area contributed by atoms with Crippen molar-refractivity contribution in [2.75, 3.05) is 20.8 Å². The molecule has 28 heavy (non-hydrogen) atoms. The summed E-state index contributed by atoms with van der Waals surface area (Å²) >= 11 is 0. The van der Waals surface area contributed by atoms with Gasteiger partial charge in [0.15, 0.2) is 0 Å². The number of ether oxygens (including phenoxy) is 3. The lowest BCUT2D eigenvalue weighted by atomic mass is 10.0. The molecule has 0 amide bonds. The number of methoxy groups -OCH3 is 2. The fourth-order valence-corrected chi connectivity index (χ4v) is 2.47. The van der Waals surface area contributed by atoms with Crippen LogP contribution in [0.2, 0.25) is 0 Å². The monoisotopic (exact) mass is 383 g/mol. The Morgan fingerprint density at radius 3 is 2.50 bits per heavy atom. The number of rotatable bonds is 11. The fourth-order valence-electron chi connectivity index (χ4n) is 2.47. The van der Waals surface area contributed by atoms with Gasteiger partial charge >= 0.3 is 5.97 Å². The van der Waals surface area contributed by atoms with Gasteiger partial charge in [0.1, 0.15) is 12.2 Å². The number of benzene rings is 2. The second kappa shape index (κ2) is 12.3. The Bertz CT molecular complexity index is 787. The Morgan fingerprint density at radius 1 is 1.00 bits per heavy atom. The Balaban J connectivity index is 1.79. The van der Waals surface area contributed by atoms with Crippen LogP contribution in [0.4, 0.5) is 0 Å². The van der Waals surface area contributed by atoms with Crippen LogP contribution < -0.4 is 0 Å². The van der Waals surface area contributed by atoms with Gasteiger partial charge < -0.3 is 19.0 Å². The van der Waals surface area contributed by atoms with Gasteiger partial charge in [0.2, 0.25) is 0 Å². The van der Waals surface area contributed by atoms with Crippen LogP contribution in [0.15, 0.2) is 66.0 Å². The maximum atomic E-state index is 12.0. The Kier molecular flexibility index (Phi) is 9.31. The first kappa shape index (κ1) is 21.2. The normalized spacial score (nSPS) is 11.4. The molecule has 0 heterocycles. The van der Waals surface area contributed by atoms with Gasteiger partial charge in [0, 0.05) is 12.6 Å². The molecule has 0 unspecified atom stereocenters. The van der Waals surface area contributed by atoms with Crippen molar-refractivity contribution in [3.63, 3.8) is 0 Å². The first-order valence-electron chi connectivity index (χ1n) is 8.91.